The highest BCUT2D eigenvalue weighted by molar-refractivity contribution is 5.81. The third-order valence-corrected chi connectivity index (χ3v) is 4.68. The zero-order valence-electron chi connectivity index (χ0n) is 13.6. The number of fused-ring (bicyclic) bond motifs is 1. The number of nitrogen functional groups attached to an aromatic ring is 2. The Balaban J connectivity index is 2.04. The molecule has 10 nitrogen and oxygen atoms in total. The summed E-state index contributed by atoms with van der Waals surface area (Å²) >= 11 is 0. The number of ether oxygens (including phenoxy) is 1. The van der Waals surface area contributed by atoms with Gasteiger partial charge in [0.05, 0.1) is 12.9 Å². The lowest BCUT2D eigenvalue weighted by Crippen LogP contribution is -2.47. The van der Waals surface area contributed by atoms with Crippen molar-refractivity contribution in [3.63, 3.8) is 0 Å². The summed E-state index contributed by atoms with van der Waals surface area (Å²) in [4.78, 5) is 12.3. The fourth-order valence-corrected chi connectivity index (χ4v) is 3.42. The molecule has 3 aromatic rings. The molecule has 4 atom stereocenters. The molecular weight excluding hydrogens is 340 g/mol. The number of hydrogen-bond acceptors (Lipinski definition) is 9. The first-order valence-corrected chi connectivity index (χ1v) is 7.94. The topological polar surface area (TPSA) is 166 Å². The fraction of sp³-hybridized carbons (Fsp3) is 0.312. The van der Waals surface area contributed by atoms with Gasteiger partial charge in [-0.2, -0.15) is 0 Å². The largest absolute Gasteiger partial charge is 0.398 e. The molecule has 1 saturated heterocycles. The lowest BCUT2D eigenvalue weighted by molar-refractivity contribution is -0.115. The minimum Gasteiger partial charge on any atom is -0.398 e. The minimum absolute atomic E-state index is 0.164. The molecule has 0 bridgehead atoms. The van der Waals surface area contributed by atoms with Crippen molar-refractivity contribution in [1.82, 2.24) is 19.5 Å². The van der Waals surface area contributed by atoms with Gasteiger partial charge in [-0.3, -0.25) is 4.57 Å². The minimum atomic E-state index is -1.65. The van der Waals surface area contributed by atoms with Crippen LogP contribution in [0.2, 0.25) is 0 Å². The molecule has 0 radical (unpaired) electrons. The number of benzene rings is 1. The summed E-state index contributed by atoms with van der Waals surface area (Å²) < 4.78 is 7.43. The summed E-state index contributed by atoms with van der Waals surface area (Å²) in [5.41, 5.74) is 11.7. The van der Waals surface area contributed by atoms with Crippen LogP contribution in [-0.4, -0.2) is 59.8 Å². The predicted octanol–water partition coefficient (Wildman–Crippen LogP) is -1.20. The number of nitrogens with two attached hydrogens (primary N) is 2. The van der Waals surface area contributed by atoms with Gasteiger partial charge in [-0.25, -0.2) is 15.0 Å². The van der Waals surface area contributed by atoms with Gasteiger partial charge >= 0.3 is 0 Å². The normalized spacial score (nSPS) is 28.7. The SMILES string of the molecule is Nc1ccccc1[C@@]1(n2cnc3c(N)ncnc32)O[C@H](CO)[C@@H](O)[C@H]1O. The Hall–Kier alpha value is -2.79. The first-order chi connectivity index (χ1) is 12.5. The van der Waals surface area contributed by atoms with Crippen molar-refractivity contribution in [1.29, 1.82) is 0 Å². The molecule has 4 rings (SSSR count). The van der Waals surface area contributed by atoms with Crippen molar-refractivity contribution >= 4 is 22.7 Å². The molecule has 1 fully saturated rings. The Labute approximate surface area is 147 Å². The van der Waals surface area contributed by atoms with Gasteiger partial charge in [0, 0.05) is 11.3 Å². The second kappa shape index (κ2) is 5.88. The van der Waals surface area contributed by atoms with E-state index in [1.54, 1.807) is 24.3 Å². The molecule has 0 amide bonds. The summed E-state index contributed by atoms with van der Waals surface area (Å²) in [5, 5.41) is 30.9. The molecule has 1 aliphatic heterocycles. The second-order valence-electron chi connectivity index (χ2n) is 6.10. The molecule has 10 heteroatoms. The molecule has 0 unspecified atom stereocenters. The van der Waals surface area contributed by atoms with Crippen LogP contribution in [0, 0.1) is 0 Å². The van der Waals surface area contributed by atoms with Crippen LogP contribution in [0.4, 0.5) is 11.5 Å². The van der Waals surface area contributed by atoms with Crippen molar-refractivity contribution in [3.8, 4) is 0 Å². The van der Waals surface area contributed by atoms with Crippen LogP contribution in [0.5, 0.6) is 0 Å². The first-order valence-electron chi connectivity index (χ1n) is 7.94. The van der Waals surface area contributed by atoms with Crippen molar-refractivity contribution in [3.05, 3.63) is 42.5 Å². The molecule has 136 valence electrons. The summed E-state index contributed by atoms with van der Waals surface area (Å²) in [6.45, 7) is -0.490. The summed E-state index contributed by atoms with van der Waals surface area (Å²) in [7, 11) is 0. The number of aromatic nitrogens is 4. The van der Waals surface area contributed by atoms with E-state index in [9.17, 15) is 15.3 Å². The Kier molecular flexibility index (Phi) is 3.77. The lowest BCUT2D eigenvalue weighted by atomic mass is 9.93. The third kappa shape index (κ3) is 2.10. The Morgan fingerprint density at radius 2 is 1.92 bits per heavy atom. The highest BCUT2D eigenvalue weighted by Crippen LogP contribution is 2.44. The van der Waals surface area contributed by atoms with Crippen LogP contribution in [0.1, 0.15) is 5.56 Å². The predicted molar refractivity (Wildman–Crippen MR) is 91.6 cm³/mol. The van der Waals surface area contributed by atoms with Gasteiger partial charge in [-0.1, -0.05) is 18.2 Å². The average molecular weight is 358 g/mol. The smallest absolute Gasteiger partial charge is 0.205 e. The number of anilines is 2. The lowest BCUT2D eigenvalue weighted by Gasteiger charge is -2.35. The van der Waals surface area contributed by atoms with Crippen molar-refractivity contribution < 1.29 is 20.1 Å². The number of aliphatic hydroxyl groups excluding tert-OH is 3. The van der Waals surface area contributed by atoms with Crippen LogP contribution in [0.3, 0.4) is 0 Å². The van der Waals surface area contributed by atoms with E-state index in [0.717, 1.165) is 0 Å². The van der Waals surface area contributed by atoms with Crippen molar-refractivity contribution in [2.24, 2.45) is 0 Å². The Bertz CT molecular complexity index is 963. The van der Waals surface area contributed by atoms with E-state index in [1.807, 2.05) is 0 Å². The van der Waals surface area contributed by atoms with Crippen LogP contribution in [0.15, 0.2) is 36.9 Å². The second-order valence-corrected chi connectivity index (χ2v) is 6.10. The number of para-hydroxylation sites is 1. The van der Waals surface area contributed by atoms with E-state index in [1.165, 1.54) is 17.2 Å². The van der Waals surface area contributed by atoms with Gasteiger partial charge in [-0.05, 0) is 6.07 Å². The highest BCUT2D eigenvalue weighted by atomic mass is 16.6. The van der Waals surface area contributed by atoms with Crippen molar-refractivity contribution in [2.75, 3.05) is 18.1 Å². The average Bonchev–Trinajstić information content (AvgIpc) is 3.18. The summed E-state index contributed by atoms with van der Waals surface area (Å²) in [5.74, 6) is 0.164. The molecule has 0 aliphatic carbocycles. The van der Waals surface area contributed by atoms with Crippen LogP contribution >= 0.6 is 0 Å². The maximum Gasteiger partial charge on any atom is 0.205 e. The quantitative estimate of drug-likeness (QED) is 0.362. The van der Waals surface area contributed by atoms with Gasteiger partial charge in [0.2, 0.25) is 5.72 Å². The number of imidazole rings is 1. The molecule has 7 N–H and O–H groups in total. The first kappa shape index (κ1) is 16.7. The summed E-state index contributed by atoms with van der Waals surface area (Å²) in [6.07, 6.45) is -1.17. The molecule has 1 aromatic carbocycles. The van der Waals surface area contributed by atoms with E-state index in [4.69, 9.17) is 16.2 Å². The maximum atomic E-state index is 10.9. The fourth-order valence-electron chi connectivity index (χ4n) is 3.42. The van der Waals surface area contributed by atoms with Crippen LogP contribution < -0.4 is 11.5 Å². The third-order valence-electron chi connectivity index (χ3n) is 4.68. The molecule has 3 heterocycles. The monoisotopic (exact) mass is 358 g/mol. The standard InChI is InChI=1S/C16H18N6O4/c17-9-4-2-1-3-8(9)16(13(25)12(24)10(5-23)26-16)22-7-21-11-14(18)19-6-20-15(11)22/h1-4,6-7,10,12-13,23-25H,5,17H2,(H2,18,19,20)/t10-,12-,13-,16-/m1/s1. The van der Waals surface area contributed by atoms with E-state index in [2.05, 4.69) is 15.0 Å². The maximum absolute atomic E-state index is 10.9. The van der Waals surface area contributed by atoms with E-state index in [0.29, 0.717) is 22.4 Å². The van der Waals surface area contributed by atoms with Crippen LogP contribution in [-0.2, 0) is 10.5 Å². The number of nitrogens with zero attached hydrogens (tertiary/aromatic N) is 4. The Morgan fingerprint density at radius 1 is 1.15 bits per heavy atom. The molecular formula is C16H18N6O4. The number of aliphatic hydroxyl groups is 3. The zero-order chi connectivity index (χ0) is 18.5. The molecule has 0 spiro atoms. The number of hydrogen-bond donors (Lipinski definition) is 5. The molecule has 2 aromatic heterocycles. The van der Waals surface area contributed by atoms with E-state index >= 15 is 0 Å². The van der Waals surface area contributed by atoms with Gasteiger partial charge in [0.15, 0.2) is 11.5 Å². The van der Waals surface area contributed by atoms with Gasteiger partial charge in [0.25, 0.3) is 0 Å². The highest BCUT2D eigenvalue weighted by Gasteiger charge is 2.57. The van der Waals surface area contributed by atoms with E-state index < -0.39 is 30.6 Å². The summed E-state index contributed by atoms with van der Waals surface area (Å²) in [6, 6.07) is 6.78. The van der Waals surface area contributed by atoms with Crippen LogP contribution in [0.25, 0.3) is 11.2 Å². The number of rotatable bonds is 3. The Morgan fingerprint density at radius 3 is 2.62 bits per heavy atom. The van der Waals surface area contributed by atoms with Crippen molar-refractivity contribution in [2.45, 2.75) is 24.0 Å². The molecule has 0 saturated carbocycles. The van der Waals surface area contributed by atoms with Gasteiger partial charge < -0.3 is 31.5 Å². The van der Waals surface area contributed by atoms with Gasteiger partial charge in [-0.15, -0.1) is 0 Å². The zero-order valence-corrected chi connectivity index (χ0v) is 13.6. The molecule has 1 aliphatic rings. The molecule has 26 heavy (non-hydrogen) atoms. The van der Waals surface area contributed by atoms with Gasteiger partial charge in [0.1, 0.15) is 30.2 Å². The van der Waals surface area contributed by atoms with E-state index in [-0.39, 0.29) is 5.82 Å².